The minimum absolute atomic E-state index is 0.101. The summed E-state index contributed by atoms with van der Waals surface area (Å²) in [6.07, 6.45) is 8.09. The van der Waals surface area contributed by atoms with Crippen LogP contribution < -0.4 is 0 Å². The van der Waals surface area contributed by atoms with Crippen LogP contribution in [-0.2, 0) is 4.79 Å². The lowest BCUT2D eigenvalue weighted by atomic mass is 9.47. The van der Waals surface area contributed by atoms with E-state index in [0.717, 1.165) is 37.7 Å². The van der Waals surface area contributed by atoms with Crippen molar-refractivity contribution in [2.45, 2.75) is 72.8 Å². The minimum atomic E-state index is -0.864. The highest BCUT2D eigenvalue weighted by molar-refractivity contribution is 5.80. The standard InChI is InChI=1S/C20H32O3/c1-13(10-18(22)23)6-8-16-14(2)7-9-17-19(3,4)11-15(21)12-20(16,17)5/h7,10,15-17,21H,6,8-9,11-12H2,1-5H3,(H,22,23)/b13-10+/t15-,16-,17-,20+/m0/s1. The molecule has 2 aliphatic carbocycles. The second-order valence-electron chi connectivity index (χ2n) is 8.71. The van der Waals surface area contributed by atoms with Gasteiger partial charge in [0.05, 0.1) is 6.10 Å². The first-order valence-corrected chi connectivity index (χ1v) is 8.81. The van der Waals surface area contributed by atoms with Gasteiger partial charge in [-0.3, -0.25) is 0 Å². The normalized spacial score (nSPS) is 37.0. The summed E-state index contributed by atoms with van der Waals surface area (Å²) in [4.78, 5) is 10.8. The van der Waals surface area contributed by atoms with Crippen molar-refractivity contribution < 1.29 is 15.0 Å². The number of allylic oxidation sites excluding steroid dienone is 3. The third kappa shape index (κ3) is 3.71. The van der Waals surface area contributed by atoms with Gasteiger partial charge in [-0.1, -0.05) is 38.0 Å². The van der Waals surface area contributed by atoms with E-state index in [1.54, 1.807) is 0 Å². The molecule has 3 heteroatoms. The van der Waals surface area contributed by atoms with Crippen LogP contribution in [0.2, 0.25) is 0 Å². The van der Waals surface area contributed by atoms with Crippen LogP contribution in [0.15, 0.2) is 23.3 Å². The van der Waals surface area contributed by atoms with Crippen LogP contribution in [0.4, 0.5) is 0 Å². The Morgan fingerprint density at radius 2 is 2.00 bits per heavy atom. The SMILES string of the molecule is CC1=CC[C@H]2C(C)(C)C[C@H](O)C[C@]2(C)[C@H]1CC/C(C)=C/C(=O)O. The van der Waals surface area contributed by atoms with Gasteiger partial charge in [-0.15, -0.1) is 0 Å². The molecule has 1 saturated carbocycles. The van der Waals surface area contributed by atoms with Crippen molar-refractivity contribution in [1.29, 1.82) is 0 Å². The number of carbonyl (C=O) groups is 1. The molecule has 0 aromatic heterocycles. The first kappa shape index (κ1) is 18.3. The minimum Gasteiger partial charge on any atom is -0.478 e. The van der Waals surface area contributed by atoms with Crippen molar-refractivity contribution in [3.8, 4) is 0 Å². The van der Waals surface area contributed by atoms with Gasteiger partial charge in [0.15, 0.2) is 0 Å². The molecule has 2 N–H and O–H groups in total. The average Bonchev–Trinajstić information content (AvgIpc) is 2.34. The fourth-order valence-electron chi connectivity index (χ4n) is 5.52. The van der Waals surface area contributed by atoms with Crippen molar-refractivity contribution in [3.63, 3.8) is 0 Å². The molecule has 130 valence electrons. The zero-order valence-corrected chi connectivity index (χ0v) is 15.2. The molecule has 0 radical (unpaired) electrons. The van der Waals surface area contributed by atoms with Crippen LogP contribution in [-0.4, -0.2) is 22.3 Å². The predicted molar refractivity (Wildman–Crippen MR) is 93.1 cm³/mol. The summed E-state index contributed by atoms with van der Waals surface area (Å²) in [7, 11) is 0. The van der Waals surface area contributed by atoms with E-state index in [9.17, 15) is 9.90 Å². The van der Waals surface area contributed by atoms with E-state index in [1.165, 1.54) is 11.6 Å². The molecule has 0 unspecified atom stereocenters. The Hall–Kier alpha value is -1.09. The highest BCUT2D eigenvalue weighted by Crippen LogP contribution is 2.60. The summed E-state index contributed by atoms with van der Waals surface area (Å²) in [5.41, 5.74) is 2.58. The fraction of sp³-hybridized carbons (Fsp3) is 0.750. The molecule has 23 heavy (non-hydrogen) atoms. The van der Waals surface area contributed by atoms with E-state index in [0.29, 0.717) is 11.8 Å². The molecule has 4 atom stereocenters. The molecular weight excluding hydrogens is 288 g/mol. The smallest absolute Gasteiger partial charge is 0.328 e. The van der Waals surface area contributed by atoms with E-state index in [2.05, 4.69) is 33.8 Å². The Morgan fingerprint density at radius 3 is 2.61 bits per heavy atom. The van der Waals surface area contributed by atoms with Gasteiger partial charge < -0.3 is 10.2 Å². The zero-order chi connectivity index (χ0) is 17.4. The molecule has 0 aromatic rings. The van der Waals surface area contributed by atoms with Gasteiger partial charge in [-0.25, -0.2) is 4.79 Å². The zero-order valence-electron chi connectivity index (χ0n) is 15.2. The number of carboxylic acid groups (broad SMARTS) is 1. The largest absolute Gasteiger partial charge is 0.478 e. The molecule has 2 aliphatic rings. The maximum atomic E-state index is 10.8. The third-order valence-electron chi connectivity index (χ3n) is 6.39. The monoisotopic (exact) mass is 320 g/mol. The average molecular weight is 320 g/mol. The Labute approximate surface area is 140 Å². The molecule has 0 aromatic carbocycles. The number of rotatable bonds is 4. The predicted octanol–water partition coefficient (Wildman–Crippen LogP) is 4.57. The van der Waals surface area contributed by atoms with Crippen molar-refractivity contribution in [1.82, 2.24) is 0 Å². The van der Waals surface area contributed by atoms with Gasteiger partial charge in [0.25, 0.3) is 0 Å². The summed E-state index contributed by atoms with van der Waals surface area (Å²) in [6.45, 7) is 11.0. The topological polar surface area (TPSA) is 57.5 Å². The number of aliphatic hydroxyl groups is 1. The maximum absolute atomic E-state index is 10.8. The van der Waals surface area contributed by atoms with Gasteiger partial charge in [0.2, 0.25) is 0 Å². The first-order chi connectivity index (χ1) is 10.6. The summed E-state index contributed by atoms with van der Waals surface area (Å²) in [5, 5.41) is 19.3. The molecular formula is C20H32O3. The number of aliphatic carboxylic acids is 1. The van der Waals surface area contributed by atoms with Crippen LogP contribution >= 0.6 is 0 Å². The highest BCUT2D eigenvalue weighted by Gasteiger charge is 2.53. The van der Waals surface area contributed by atoms with E-state index in [-0.39, 0.29) is 16.9 Å². The van der Waals surface area contributed by atoms with Gasteiger partial charge in [-0.05, 0) is 68.6 Å². The Bertz CT molecular complexity index is 529. The van der Waals surface area contributed by atoms with E-state index >= 15 is 0 Å². The van der Waals surface area contributed by atoms with Crippen LogP contribution in [0.25, 0.3) is 0 Å². The second kappa shape index (κ2) is 6.43. The number of hydrogen-bond acceptors (Lipinski definition) is 2. The van der Waals surface area contributed by atoms with Gasteiger partial charge in [0, 0.05) is 6.08 Å². The van der Waals surface area contributed by atoms with Crippen molar-refractivity contribution >= 4 is 5.97 Å². The Balaban J connectivity index is 2.25. The number of fused-ring (bicyclic) bond motifs is 1. The van der Waals surface area contributed by atoms with Gasteiger partial charge in [-0.2, -0.15) is 0 Å². The summed E-state index contributed by atoms with van der Waals surface area (Å²) in [5.74, 6) is 0.139. The summed E-state index contributed by atoms with van der Waals surface area (Å²) in [6, 6.07) is 0. The molecule has 0 bridgehead atoms. The third-order valence-corrected chi connectivity index (χ3v) is 6.39. The van der Waals surface area contributed by atoms with Crippen LogP contribution in [0, 0.1) is 22.7 Å². The number of hydrogen-bond donors (Lipinski definition) is 2. The Morgan fingerprint density at radius 1 is 1.35 bits per heavy atom. The molecule has 0 saturated heterocycles. The fourth-order valence-corrected chi connectivity index (χ4v) is 5.52. The van der Waals surface area contributed by atoms with E-state index in [1.807, 2.05) is 6.92 Å². The quantitative estimate of drug-likeness (QED) is 0.589. The maximum Gasteiger partial charge on any atom is 0.328 e. The van der Waals surface area contributed by atoms with Crippen LogP contribution in [0.5, 0.6) is 0 Å². The Kier molecular flexibility index (Phi) is 5.10. The molecule has 0 amide bonds. The molecule has 3 nitrogen and oxygen atoms in total. The van der Waals surface area contributed by atoms with Crippen LogP contribution in [0.3, 0.4) is 0 Å². The lowest BCUT2D eigenvalue weighted by molar-refractivity contribution is -0.131. The molecule has 2 rings (SSSR count). The summed E-state index contributed by atoms with van der Waals surface area (Å²) >= 11 is 0. The first-order valence-electron chi connectivity index (χ1n) is 8.81. The van der Waals surface area contributed by atoms with E-state index in [4.69, 9.17) is 5.11 Å². The molecule has 0 aliphatic heterocycles. The molecule has 0 spiro atoms. The lowest BCUT2D eigenvalue weighted by Gasteiger charge is -2.58. The molecule has 1 fully saturated rings. The number of aliphatic hydroxyl groups excluding tert-OH is 1. The second-order valence-corrected chi connectivity index (χ2v) is 8.71. The van der Waals surface area contributed by atoms with Crippen molar-refractivity contribution in [3.05, 3.63) is 23.3 Å². The number of carboxylic acids is 1. The highest BCUT2D eigenvalue weighted by atomic mass is 16.4. The molecule has 0 heterocycles. The van der Waals surface area contributed by atoms with Gasteiger partial charge >= 0.3 is 5.97 Å². The summed E-state index contributed by atoms with van der Waals surface area (Å²) < 4.78 is 0. The van der Waals surface area contributed by atoms with Crippen LogP contribution in [0.1, 0.15) is 66.7 Å². The van der Waals surface area contributed by atoms with Crippen molar-refractivity contribution in [2.75, 3.05) is 0 Å². The van der Waals surface area contributed by atoms with Crippen molar-refractivity contribution in [2.24, 2.45) is 22.7 Å². The van der Waals surface area contributed by atoms with E-state index < -0.39 is 5.97 Å². The lowest BCUT2D eigenvalue weighted by Crippen LogP contribution is -2.52. The van der Waals surface area contributed by atoms with Gasteiger partial charge in [0.1, 0.15) is 0 Å².